The molecule has 232 valence electrons. The first-order valence-electron chi connectivity index (χ1n) is 15.0. The van der Waals surface area contributed by atoms with Crippen LogP contribution >= 0.6 is 0 Å². The van der Waals surface area contributed by atoms with E-state index >= 15 is 0 Å². The fourth-order valence-electron chi connectivity index (χ4n) is 7.76. The standard InChI is InChI=1S/C33H40O10/c1-15(2)18-8-7-16(3)9-21(18)42-33-29-27(31(34)35)20-13-23-22(40-14-41-23)12-19(20)26(28(29)32(36)43-33)17-10-24(37-4)30(39-6)25(11-17)38-5/h10-13,15-16,18,21,26-29,33H,7-9,14H2,1-6H3,(H,34,35)/t16-,18+,21-,26-,27+,28-,29-,33-/m1/s1. The second kappa shape index (κ2) is 11.4. The molecule has 2 aromatic carbocycles. The molecule has 4 aliphatic rings. The summed E-state index contributed by atoms with van der Waals surface area (Å²) in [7, 11) is 4.58. The summed E-state index contributed by atoms with van der Waals surface area (Å²) < 4.78 is 40.9. The molecule has 2 aliphatic heterocycles. The van der Waals surface area contributed by atoms with Gasteiger partial charge < -0.3 is 38.3 Å². The van der Waals surface area contributed by atoms with Crippen molar-refractivity contribution in [1.82, 2.24) is 0 Å². The maximum absolute atomic E-state index is 13.9. The molecule has 43 heavy (non-hydrogen) atoms. The molecule has 2 heterocycles. The number of benzene rings is 2. The number of hydrogen-bond acceptors (Lipinski definition) is 9. The summed E-state index contributed by atoms with van der Waals surface area (Å²) in [6.45, 7) is 6.60. The van der Waals surface area contributed by atoms with E-state index in [1.165, 1.54) is 21.3 Å². The average molecular weight is 597 g/mol. The molecule has 1 N–H and O–H groups in total. The SMILES string of the molecule is COc1cc([C@@H]2c3cc4c(cc3[C@H](C(=O)O)[C@H]3[C@H](O[C@@H]5C[C@H](C)CC[C@H]5C(C)C)OC(=O)[C@H]23)OCO4)cc(OC)c1OC. The van der Waals surface area contributed by atoms with Crippen LogP contribution in [0.15, 0.2) is 24.3 Å². The predicted molar refractivity (Wildman–Crippen MR) is 154 cm³/mol. The predicted octanol–water partition coefficient (Wildman–Crippen LogP) is 5.35. The molecule has 6 rings (SSSR count). The molecule has 0 bridgehead atoms. The first kappa shape index (κ1) is 29.4. The molecule has 0 aromatic heterocycles. The minimum atomic E-state index is -1.07. The third-order valence-corrected chi connectivity index (χ3v) is 9.81. The number of carboxylic acids is 1. The number of fused-ring (bicyclic) bond motifs is 3. The Hall–Kier alpha value is -3.66. The Morgan fingerprint density at radius 3 is 2.19 bits per heavy atom. The van der Waals surface area contributed by atoms with Crippen LogP contribution in [0.1, 0.15) is 68.6 Å². The highest BCUT2D eigenvalue weighted by molar-refractivity contribution is 5.85. The quantitative estimate of drug-likeness (QED) is 0.400. The van der Waals surface area contributed by atoms with Gasteiger partial charge in [0.15, 0.2) is 23.0 Å². The number of methoxy groups -OCH3 is 3. The summed E-state index contributed by atoms with van der Waals surface area (Å²) in [5.74, 6) is -1.51. The van der Waals surface area contributed by atoms with E-state index in [2.05, 4.69) is 20.8 Å². The molecule has 0 unspecified atom stereocenters. The zero-order valence-electron chi connectivity index (χ0n) is 25.5. The fraction of sp³-hybridized carbons (Fsp3) is 0.576. The minimum Gasteiger partial charge on any atom is -0.493 e. The summed E-state index contributed by atoms with van der Waals surface area (Å²) in [5, 5.41) is 10.7. The van der Waals surface area contributed by atoms with Gasteiger partial charge in [0.2, 0.25) is 18.8 Å². The number of aliphatic carboxylic acids is 1. The minimum absolute atomic E-state index is 0.0297. The van der Waals surface area contributed by atoms with Gasteiger partial charge in [-0.05, 0) is 71.6 Å². The second-order valence-electron chi connectivity index (χ2n) is 12.5. The van der Waals surface area contributed by atoms with E-state index in [1.54, 1.807) is 24.3 Å². The van der Waals surface area contributed by atoms with E-state index in [0.717, 1.165) is 19.3 Å². The zero-order valence-corrected chi connectivity index (χ0v) is 25.5. The number of carbonyl (C=O) groups is 2. The van der Waals surface area contributed by atoms with Gasteiger partial charge in [-0.3, -0.25) is 9.59 Å². The number of ether oxygens (including phenoxy) is 7. The Labute approximate surface area is 251 Å². The van der Waals surface area contributed by atoms with Crippen molar-refractivity contribution < 1.29 is 47.9 Å². The average Bonchev–Trinajstić information content (AvgIpc) is 3.57. The Balaban J connectivity index is 1.51. The molecule has 8 atom stereocenters. The van der Waals surface area contributed by atoms with E-state index in [9.17, 15) is 14.7 Å². The number of hydrogen-bond donors (Lipinski definition) is 1. The van der Waals surface area contributed by atoms with Gasteiger partial charge in [0.25, 0.3) is 0 Å². The number of rotatable bonds is 8. The number of carboxylic acid groups (broad SMARTS) is 1. The van der Waals surface area contributed by atoms with Gasteiger partial charge >= 0.3 is 11.9 Å². The first-order chi connectivity index (χ1) is 20.7. The lowest BCUT2D eigenvalue weighted by Gasteiger charge is -2.41. The largest absolute Gasteiger partial charge is 0.493 e. The fourth-order valence-corrected chi connectivity index (χ4v) is 7.76. The smallest absolute Gasteiger partial charge is 0.312 e. The van der Waals surface area contributed by atoms with E-state index in [1.807, 2.05) is 0 Å². The maximum Gasteiger partial charge on any atom is 0.312 e. The van der Waals surface area contributed by atoms with Crippen molar-refractivity contribution in [2.24, 2.45) is 29.6 Å². The van der Waals surface area contributed by atoms with Gasteiger partial charge in [-0.2, -0.15) is 0 Å². The van der Waals surface area contributed by atoms with E-state index < -0.39 is 41.9 Å². The molecule has 2 fully saturated rings. The molecule has 2 aromatic rings. The molecular formula is C33H40O10. The number of esters is 1. The van der Waals surface area contributed by atoms with Crippen LogP contribution in [-0.2, 0) is 19.1 Å². The topological polar surface area (TPSA) is 119 Å². The lowest BCUT2D eigenvalue weighted by molar-refractivity contribution is -0.199. The third kappa shape index (κ3) is 4.93. The highest BCUT2D eigenvalue weighted by Gasteiger charge is 2.60. The summed E-state index contributed by atoms with van der Waals surface area (Å²) >= 11 is 0. The monoisotopic (exact) mass is 596 g/mol. The van der Waals surface area contributed by atoms with Crippen molar-refractivity contribution in [3.8, 4) is 28.7 Å². The molecule has 0 radical (unpaired) electrons. The highest BCUT2D eigenvalue weighted by atomic mass is 16.7. The molecule has 2 aliphatic carbocycles. The maximum atomic E-state index is 13.9. The van der Waals surface area contributed by atoms with Crippen LogP contribution in [0.5, 0.6) is 28.7 Å². The van der Waals surface area contributed by atoms with Gasteiger partial charge in [-0.15, -0.1) is 0 Å². The molecule has 1 saturated carbocycles. The van der Waals surface area contributed by atoms with Gasteiger partial charge in [-0.1, -0.05) is 27.2 Å². The molecule has 1 saturated heterocycles. The van der Waals surface area contributed by atoms with Crippen LogP contribution < -0.4 is 23.7 Å². The molecule has 0 spiro atoms. The van der Waals surface area contributed by atoms with Crippen molar-refractivity contribution >= 4 is 11.9 Å². The van der Waals surface area contributed by atoms with Gasteiger partial charge in [0.05, 0.1) is 45.2 Å². The second-order valence-corrected chi connectivity index (χ2v) is 12.5. The van der Waals surface area contributed by atoms with E-state index in [4.69, 9.17) is 33.2 Å². The number of carbonyl (C=O) groups excluding carboxylic acids is 1. The van der Waals surface area contributed by atoms with Crippen molar-refractivity contribution in [3.05, 3.63) is 41.0 Å². The Morgan fingerprint density at radius 1 is 0.953 bits per heavy atom. The van der Waals surface area contributed by atoms with Gasteiger partial charge in [0.1, 0.15) is 0 Å². The molecule has 10 heteroatoms. The molecular weight excluding hydrogens is 556 g/mol. The third-order valence-electron chi connectivity index (χ3n) is 9.81. The van der Waals surface area contributed by atoms with Crippen molar-refractivity contribution in [2.75, 3.05) is 28.1 Å². The summed E-state index contributed by atoms with van der Waals surface area (Å²) in [5.41, 5.74) is 1.88. The van der Waals surface area contributed by atoms with Crippen molar-refractivity contribution in [1.29, 1.82) is 0 Å². The summed E-state index contributed by atoms with van der Waals surface area (Å²) in [6.07, 6.45) is 1.80. The van der Waals surface area contributed by atoms with Crippen molar-refractivity contribution in [3.63, 3.8) is 0 Å². The van der Waals surface area contributed by atoms with Crippen LogP contribution in [0.4, 0.5) is 0 Å². The van der Waals surface area contributed by atoms with Gasteiger partial charge in [-0.25, -0.2) is 0 Å². The summed E-state index contributed by atoms with van der Waals surface area (Å²) in [6, 6.07) is 7.13. The van der Waals surface area contributed by atoms with Crippen LogP contribution in [0.2, 0.25) is 0 Å². The Kier molecular flexibility index (Phi) is 7.83. The Bertz CT molecular complexity index is 1380. The van der Waals surface area contributed by atoms with Crippen molar-refractivity contribution in [2.45, 2.75) is 64.3 Å². The number of cyclic esters (lactones) is 1. The van der Waals surface area contributed by atoms with E-state index in [0.29, 0.717) is 57.3 Å². The van der Waals surface area contributed by atoms with Crippen LogP contribution in [-0.4, -0.2) is 57.6 Å². The van der Waals surface area contributed by atoms with E-state index in [-0.39, 0.29) is 18.8 Å². The zero-order chi connectivity index (χ0) is 30.6. The Morgan fingerprint density at radius 2 is 1.60 bits per heavy atom. The normalized spacial score (nSPS) is 30.8. The highest BCUT2D eigenvalue weighted by Crippen LogP contribution is 2.58. The lowest BCUT2D eigenvalue weighted by Crippen LogP contribution is -2.44. The summed E-state index contributed by atoms with van der Waals surface area (Å²) in [4.78, 5) is 27.0. The molecule has 0 amide bonds. The molecule has 10 nitrogen and oxygen atoms in total. The van der Waals surface area contributed by atoms with Crippen LogP contribution in [0.3, 0.4) is 0 Å². The van der Waals surface area contributed by atoms with Gasteiger partial charge in [0, 0.05) is 5.92 Å². The van der Waals surface area contributed by atoms with Crippen LogP contribution in [0, 0.1) is 29.6 Å². The first-order valence-corrected chi connectivity index (χ1v) is 15.0. The van der Waals surface area contributed by atoms with Crippen LogP contribution in [0.25, 0.3) is 0 Å². The lowest BCUT2D eigenvalue weighted by atomic mass is 9.62.